The fraction of sp³-hybridized carbons (Fsp3) is 0.167. The predicted octanol–water partition coefficient (Wildman–Crippen LogP) is 2.28. The molecule has 0 saturated heterocycles. The number of para-hydroxylation sites is 1. The number of hydrogen-bond acceptors (Lipinski definition) is 4. The van der Waals surface area contributed by atoms with Gasteiger partial charge in [0.2, 0.25) is 10.0 Å². The number of nitrogens with zero attached hydrogens (tertiary/aromatic N) is 1. The first-order valence-corrected chi connectivity index (χ1v) is 9.00. The molecule has 0 aliphatic rings. The van der Waals surface area contributed by atoms with E-state index >= 15 is 0 Å². The van der Waals surface area contributed by atoms with Crippen molar-refractivity contribution in [3.05, 3.63) is 60.2 Å². The first kappa shape index (κ1) is 18.7. The second-order valence-corrected chi connectivity index (χ2v) is 7.04. The average molecular weight is 360 g/mol. The van der Waals surface area contributed by atoms with E-state index in [2.05, 4.69) is 4.72 Å². The molecule has 0 saturated carbocycles. The average Bonchev–Trinajstić information content (AvgIpc) is 2.65. The van der Waals surface area contributed by atoms with Crippen LogP contribution in [0, 0.1) is 0 Å². The number of sulfonamides is 1. The van der Waals surface area contributed by atoms with Crippen LogP contribution in [-0.2, 0) is 14.8 Å². The third-order valence-corrected chi connectivity index (χ3v) is 5.07. The number of methoxy groups -OCH3 is 1. The van der Waals surface area contributed by atoms with Crippen LogP contribution in [0.3, 0.4) is 0 Å². The Hall–Kier alpha value is -2.64. The third-order valence-electron chi connectivity index (χ3n) is 3.64. The molecule has 0 unspecified atom stereocenters. The zero-order chi connectivity index (χ0) is 18.4. The zero-order valence-electron chi connectivity index (χ0n) is 14.3. The summed E-state index contributed by atoms with van der Waals surface area (Å²) in [5.41, 5.74) is 1.34. The molecule has 0 spiro atoms. The maximum absolute atomic E-state index is 12.3. The zero-order valence-corrected chi connectivity index (χ0v) is 15.1. The van der Waals surface area contributed by atoms with E-state index in [4.69, 9.17) is 4.74 Å². The van der Waals surface area contributed by atoms with Crippen LogP contribution < -0.4 is 14.4 Å². The molecule has 2 aromatic rings. The molecule has 0 fully saturated rings. The van der Waals surface area contributed by atoms with Gasteiger partial charge in [0.1, 0.15) is 10.6 Å². The van der Waals surface area contributed by atoms with E-state index < -0.39 is 10.0 Å². The van der Waals surface area contributed by atoms with Crippen LogP contribution in [0.1, 0.15) is 5.56 Å². The van der Waals surface area contributed by atoms with Gasteiger partial charge in [0.05, 0.1) is 7.11 Å². The minimum atomic E-state index is -3.67. The second kappa shape index (κ2) is 7.96. The lowest BCUT2D eigenvalue weighted by Crippen LogP contribution is -2.23. The third kappa shape index (κ3) is 4.46. The molecule has 6 nitrogen and oxygen atoms in total. The molecular weight excluding hydrogens is 340 g/mol. The molecule has 1 N–H and O–H groups in total. The lowest BCUT2D eigenvalue weighted by Gasteiger charge is -2.14. The molecule has 25 heavy (non-hydrogen) atoms. The number of hydrogen-bond donors (Lipinski definition) is 1. The highest BCUT2D eigenvalue weighted by atomic mass is 32.2. The summed E-state index contributed by atoms with van der Waals surface area (Å²) in [5, 5.41) is 0. The highest BCUT2D eigenvalue weighted by Crippen LogP contribution is 2.25. The van der Waals surface area contributed by atoms with Crippen LogP contribution in [0.15, 0.2) is 59.5 Å². The van der Waals surface area contributed by atoms with E-state index in [9.17, 15) is 13.2 Å². The van der Waals surface area contributed by atoms with Gasteiger partial charge < -0.3 is 9.64 Å². The highest BCUT2D eigenvalue weighted by Gasteiger charge is 2.17. The van der Waals surface area contributed by atoms with Gasteiger partial charge in [-0.2, -0.15) is 0 Å². The quantitative estimate of drug-likeness (QED) is 0.802. The normalized spacial score (nSPS) is 11.5. The van der Waals surface area contributed by atoms with Crippen molar-refractivity contribution < 1.29 is 17.9 Å². The van der Waals surface area contributed by atoms with E-state index in [-0.39, 0.29) is 16.6 Å². The number of benzene rings is 2. The van der Waals surface area contributed by atoms with E-state index in [1.165, 1.54) is 31.2 Å². The Kier molecular flexibility index (Phi) is 5.95. The SMILES string of the molecule is CNS(=O)(=O)c1cc(/C=C/C(=O)N(C)c2ccccc2)ccc1OC. The highest BCUT2D eigenvalue weighted by molar-refractivity contribution is 7.89. The molecule has 0 heterocycles. The molecule has 1 amide bonds. The fourth-order valence-corrected chi connectivity index (χ4v) is 3.10. The fourth-order valence-electron chi connectivity index (χ4n) is 2.18. The Labute approximate surface area is 147 Å². The van der Waals surface area contributed by atoms with Gasteiger partial charge in [0, 0.05) is 18.8 Å². The van der Waals surface area contributed by atoms with Crippen molar-refractivity contribution >= 4 is 27.7 Å². The number of likely N-dealkylation sites (N-methyl/N-ethyl adjacent to an activating group) is 1. The Morgan fingerprint density at radius 3 is 2.44 bits per heavy atom. The van der Waals surface area contributed by atoms with Crippen LogP contribution in [0.5, 0.6) is 5.75 Å². The van der Waals surface area contributed by atoms with Gasteiger partial charge in [0.15, 0.2) is 0 Å². The molecule has 0 aromatic heterocycles. The monoisotopic (exact) mass is 360 g/mol. The molecule has 0 aliphatic carbocycles. The Balaban J connectivity index is 2.27. The summed E-state index contributed by atoms with van der Waals surface area (Å²) in [6.45, 7) is 0. The van der Waals surface area contributed by atoms with Crippen LogP contribution in [0.4, 0.5) is 5.69 Å². The van der Waals surface area contributed by atoms with Gasteiger partial charge in [-0.15, -0.1) is 0 Å². The molecule has 0 bridgehead atoms. The molecule has 132 valence electrons. The maximum atomic E-state index is 12.3. The van der Waals surface area contributed by atoms with Gasteiger partial charge in [-0.1, -0.05) is 24.3 Å². The molecule has 0 atom stereocenters. The van der Waals surface area contributed by atoms with Crippen LogP contribution in [0.2, 0.25) is 0 Å². The standard InChI is InChI=1S/C18H20N2O4S/c1-19-25(22,23)17-13-14(9-11-16(17)24-3)10-12-18(21)20(2)15-7-5-4-6-8-15/h4-13,19H,1-3H3/b12-10+. The van der Waals surface area contributed by atoms with Crippen molar-refractivity contribution in [1.29, 1.82) is 0 Å². The lowest BCUT2D eigenvalue weighted by atomic mass is 10.2. The molecule has 2 aromatic carbocycles. The number of rotatable bonds is 6. The number of ether oxygens (including phenoxy) is 1. The van der Waals surface area contributed by atoms with E-state index in [1.54, 1.807) is 25.3 Å². The van der Waals surface area contributed by atoms with Crippen LogP contribution in [0.25, 0.3) is 6.08 Å². The summed E-state index contributed by atoms with van der Waals surface area (Å²) in [4.78, 5) is 13.8. The van der Waals surface area contributed by atoms with Crippen molar-refractivity contribution in [1.82, 2.24) is 4.72 Å². The summed E-state index contributed by atoms with van der Waals surface area (Å²) in [6.07, 6.45) is 2.96. The van der Waals surface area contributed by atoms with Gasteiger partial charge in [-0.25, -0.2) is 13.1 Å². The Bertz CT molecular complexity index is 877. The largest absolute Gasteiger partial charge is 0.495 e. The van der Waals surface area contributed by atoms with Gasteiger partial charge >= 0.3 is 0 Å². The minimum absolute atomic E-state index is 0.0171. The summed E-state index contributed by atoms with van der Waals surface area (Å²) in [5.74, 6) is 0.0132. The first-order valence-electron chi connectivity index (χ1n) is 7.51. The maximum Gasteiger partial charge on any atom is 0.250 e. The van der Waals surface area contributed by atoms with Gasteiger partial charge in [-0.05, 0) is 43.0 Å². The molecule has 0 radical (unpaired) electrons. The van der Waals surface area contributed by atoms with E-state index in [0.717, 1.165) is 5.69 Å². The number of anilines is 1. The number of nitrogens with one attached hydrogen (secondary N) is 1. The second-order valence-electron chi connectivity index (χ2n) is 5.18. The predicted molar refractivity (Wildman–Crippen MR) is 98.1 cm³/mol. The van der Waals surface area contributed by atoms with E-state index in [1.807, 2.05) is 30.3 Å². The lowest BCUT2D eigenvalue weighted by molar-refractivity contribution is -0.113. The van der Waals surface area contributed by atoms with Crippen molar-refractivity contribution in [3.8, 4) is 5.75 Å². The van der Waals surface area contributed by atoms with Gasteiger partial charge in [0.25, 0.3) is 5.91 Å². The van der Waals surface area contributed by atoms with Crippen LogP contribution >= 0.6 is 0 Å². The Morgan fingerprint density at radius 2 is 1.84 bits per heavy atom. The smallest absolute Gasteiger partial charge is 0.250 e. The topological polar surface area (TPSA) is 75.7 Å². The Morgan fingerprint density at radius 1 is 1.16 bits per heavy atom. The first-order chi connectivity index (χ1) is 11.9. The van der Waals surface area contributed by atoms with Crippen molar-refractivity contribution in [2.45, 2.75) is 4.90 Å². The molecule has 0 aliphatic heterocycles. The summed E-state index contributed by atoms with van der Waals surface area (Å²) in [6, 6.07) is 13.9. The number of amides is 1. The molecule has 7 heteroatoms. The number of carbonyl (C=O) groups is 1. The van der Waals surface area contributed by atoms with Crippen molar-refractivity contribution in [2.75, 3.05) is 26.1 Å². The van der Waals surface area contributed by atoms with Crippen molar-refractivity contribution in [3.63, 3.8) is 0 Å². The minimum Gasteiger partial charge on any atom is -0.495 e. The summed E-state index contributed by atoms with van der Waals surface area (Å²) < 4.78 is 31.5. The van der Waals surface area contributed by atoms with E-state index in [0.29, 0.717) is 5.56 Å². The number of carbonyl (C=O) groups excluding carboxylic acids is 1. The molecular formula is C18H20N2O4S. The molecule has 2 rings (SSSR count). The van der Waals surface area contributed by atoms with Crippen LogP contribution in [-0.4, -0.2) is 35.5 Å². The summed E-state index contributed by atoms with van der Waals surface area (Å²) >= 11 is 0. The van der Waals surface area contributed by atoms with Gasteiger partial charge in [-0.3, -0.25) is 4.79 Å². The summed E-state index contributed by atoms with van der Waals surface area (Å²) in [7, 11) is 0.738. The van der Waals surface area contributed by atoms with Crippen molar-refractivity contribution in [2.24, 2.45) is 0 Å².